The number of carbonyl (C=O) groups excluding carboxylic acids is 2. The van der Waals surface area contributed by atoms with Crippen molar-refractivity contribution in [2.45, 2.75) is 38.6 Å². The summed E-state index contributed by atoms with van der Waals surface area (Å²) in [5, 5.41) is 0. The van der Waals surface area contributed by atoms with Crippen molar-refractivity contribution in [3.05, 3.63) is 46.8 Å². The van der Waals surface area contributed by atoms with Crippen LogP contribution in [-0.4, -0.2) is 23.1 Å². The van der Waals surface area contributed by atoms with E-state index in [1.54, 1.807) is 11.2 Å². The first-order valence-electron chi connectivity index (χ1n) is 7.72. The highest BCUT2D eigenvalue weighted by atomic mass is 16.3. The summed E-state index contributed by atoms with van der Waals surface area (Å²) in [5.41, 5.74) is 1.98. The SMILES string of the molecule is O=C1CCCc2occ(C(=O)N3CCCc4occc4C3)c21. The van der Waals surface area contributed by atoms with E-state index in [0.717, 1.165) is 37.0 Å². The summed E-state index contributed by atoms with van der Waals surface area (Å²) < 4.78 is 10.9. The number of furan rings is 2. The van der Waals surface area contributed by atoms with Crippen LogP contribution >= 0.6 is 0 Å². The van der Waals surface area contributed by atoms with Gasteiger partial charge in [0.25, 0.3) is 5.91 Å². The van der Waals surface area contributed by atoms with E-state index < -0.39 is 0 Å². The highest BCUT2D eigenvalue weighted by Gasteiger charge is 2.31. The fraction of sp³-hybridized carbons (Fsp3) is 0.412. The normalized spacial score (nSPS) is 17.8. The first-order chi connectivity index (χ1) is 10.7. The summed E-state index contributed by atoms with van der Waals surface area (Å²) >= 11 is 0. The van der Waals surface area contributed by atoms with E-state index >= 15 is 0 Å². The summed E-state index contributed by atoms with van der Waals surface area (Å²) in [7, 11) is 0. The molecule has 1 aliphatic carbocycles. The molecule has 0 saturated heterocycles. The van der Waals surface area contributed by atoms with Gasteiger partial charge >= 0.3 is 0 Å². The quantitative estimate of drug-likeness (QED) is 0.812. The van der Waals surface area contributed by atoms with Crippen LogP contribution in [0.4, 0.5) is 0 Å². The Labute approximate surface area is 127 Å². The van der Waals surface area contributed by atoms with Gasteiger partial charge in [0.1, 0.15) is 17.8 Å². The van der Waals surface area contributed by atoms with Crippen molar-refractivity contribution in [1.82, 2.24) is 4.90 Å². The molecule has 1 amide bonds. The maximum Gasteiger partial charge on any atom is 0.258 e. The van der Waals surface area contributed by atoms with Crippen LogP contribution < -0.4 is 0 Å². The highest BCUT2D eigenvalue weighted by Crippen LogP contribution is 2.28. The lowest BCUT2D eigenvalue weighted by atomic mass is 9.93. The van der Waals surface area contributed by atoms with Gasteiger partial charge in [0.15, 0.2) is 5.78 Å². The largest absolute Gasteiger partial charge is 0.469 e. The number of nitrogens with zero attached hydrogens (tertiary/aromatic N) is 1. The minimum absolute atomic E-state index is 0.0252. The van der Waals surface area contributed by atoms with E-state index in [1.165, 1.54) is 6.26 Å². The van der Waals surface area contributed by atoms with Crippen molar-refractivity contribution < 1.29 is 18.4 Å². The second kappa shape index (κ2) is 5.16. The monoisotopic (exact) mass is 299 g/mol. The molecule has 0 atom stereocenters. The standard InChI is InChI=1S/C17H17NO4/c19-13-3-1-4-15-16(13)12(10-22-15)17(20)18-7-2-5-14-11(9-18)6-8-21-14/h6,8,10H,1-5,7,9H2. The number of ketones is 1. The second-order valence-electron chi connectivity index (χ2n) is 5.92. The van der Waals surface area contributed by atoms with Crippen LogP contribution in [0, 0.1) is 0 Å². The lowest BCUT2D eigenvalue weighted by molar-refractivity contribution is 0.0740. The Kier molecular flexibility index (Phi) is 3.13. The number of amides is 1. The van der Waals surface area contributed by atoms with E-state index in [9.17, 15) is 9.59 Å². The molecule has 114 valence electrons. The van der Waals surface area contributed by atoms with Crippen LogP contribution in [0.2, 0.25) is 0 Å². The van der Waals surface area contributed by atoms with Crippen molar-refractivity contribution in [2.24, 2.45) is 0 Å². The number of rotatable bonds is 1. The van der Waals surface area contributed by atoms with Gasteiger partial charge in [-0.2, -0.15) is 0 Å². The van der Waals surface area contributed by atoms with Crippen molar-refractivity contribution in [3.8, 4) is 0 Å². The first-order valence-corrected chi connectivity index (χ1v) is 7.72. The van der Waals surface area contributed by atoms with Crippen LogP contribution in [0.15, 0.2) is 27.4 Å². The molecule has 5 nitrogen and oxygen atoms in total. The van der Waals surface area contributed by atoms with E-state index in [4.69, 9.17) is 8.83 Å². The zero-order valence-corrected chi connectivity index (χ0v) is 12.3. The lowest BCUT2D eigenvalue weighted by Crippen LogP contribution is -2.31. The maximum absolute atomic E-state index is 12.8. The Morgan fingerprint density at radius 3 is 2.86 bits per heavy atom. The molecular weight excluding hydrogens is 282 g/mol. The van der Waals surface area contributed by atoms with Gasteiger partial charge in [-0.1, -0.05) is 0 Å². The van der Waals surface area contributed by atoms with Crippen LogP contribution in [0.5, 0.6) is 0 Å². The number of hydrogen-bond acceptors (Lipinski definition) is 4. The van der Waals surface area contributed by atoms with Crippen LogP contribution in [0.1, 0.15) is 57.1 Å². The fourth-order valence-corrected chi connectivity index (χ4v) is 3.37. The fourth-order valence-electron chi connectivity index (χ4n) is 3.37. The minimum Gasteiger partial charge on any atom is -0.469 e. The molecule has 0 bridgehead atoms. The molecule has 4 rings (SSSR count). The second-order valence-corrected chi connectivity index (χ2v) is 5.92. The molecule has 1 aliphatic heterocycles. The number of hydrogen-bond donors (Lipinski definition) is 0. The Morgan fingerprint density at radius 2 is 1.95 bits per heavy atom. The third-order valence-electron chi connectivity index (χ3n) is 4.50. The molecule has 22 heavy (non-hydrogen) atoms. The average Bonchev–Trinajstić information content (AvgIpc) is 3.09. The molecule has 2 aliphatic rings. The molecule has 5 heteroatoms. The number of aryl methyl sites for hydroxylation is 2. The van der Waals surface area contributed by atoms with Gasteiger partial charge in [0.05, 0.1) is 17.4 Å². The zero-order valence-electron chi connectivity index (χ0n) is 12.3. The zero-order chi connectivity index (χ0) is 15.1. The third-order valence-corrected chi connectivity index (χ3v) is 4.50. The summed E-state index contributed by atoms with van der Waals surface area (Å²) in [6.45, 7) is 1.19. The van der Waals surface area contributed by atoms with Gasteiger partial charge in [-0.05, 0) is 18.9 Å². The summed E-state index contributed by atoms with van der Waals surface area (Å²) in [4.78, 5) is 26.8. The molecule has 0 fully saturated rings. The van der Waals surface area contributed by atoms with Crippen molar-refractivity contribution in [2.75, 3.05) is 6.54 Å². The molecule has 2 aromatic heterocycles. The van der Waals surface area contributed by atoms with E-state index in [-0.39, 0.29) is 11.7 Å². The van der Waals surface area contributed by atoms with E-state index in [0.29, 0.717) is 36.4 Å². The van der Waals surface area contributed by atoms with E-state index in [2.05, 4.69) is 0 Å². The van der Waals surface area contributed by atoms with Gasteiger partial charge in [-0.15, -0.1) is 0 Å². The Bertz CT molecular complexity index is 740. The first kappa shape index (κ1) is 13.4. The Hall–Kier alpha value is -2.30. The van der Waals surface area contributed by atoms with Gasteiger partial charge in [0, 0.05) is 37.9 Å². The van der Waals surface area contributed by atoms with Gasteiger partial charge in [-0.3, -0.25) is 9.59 Å². The maximum atomic E-state index is 12.8. The molecule has 0 spiro atoms. The molecule has 0 N–H and O–H groups in total. The summed E-state index contributed by atoms with van der Waals surface area (Å²) in [6.07, 6.45) is 6.86. The van der Waals surface area contributed by atoms with Gasteiger partial charge < -0.3 is 13.7 Å². The topological polar surface area (TPSA) is 63.7 Å². The number of carbonyl (C=O) groups is 2. The Morgan fingerprint density at radius 1 is 1.09 bits per heavy atom. The molecule has 0 unspecified atom stereocenters. The molecular formula is C17H17NO4. The van der Waals surface area contributed by atoms with Gasteiger partial charge in [-0.25, -0.2) is 0 Å². The van der Waals surface area contributed by atoms with Crippen LogP contribution in [0.3, 0.4) is 0 Å². The molecule has 0 saturated carbocycles. The number of Topliss-reactive ketones (excluding diaryl/α,β-unsaturated/α-hetero) is 1. The van der Waals surface area contributed by atoms with Gasteiger partial charge in [0.2, 0.25) is 0 Å². The Balaban J connectivity index is 1.65. The minimum atomic E-state index is -0.116. The molecule has 0 aromatic carbocycles. The van der Waals surface area contributed by atoms with Crippen LogP contribution in [-0.2, 0) is 19.4 Å². The molecule has 0 radical (unpaired) electrons. The van der Waals surface area contributed by atoms with Crippen molar-refractivity contribution in [3.63, 3.8) is 0 Å². The number of fused-ring (bicyclic) bond motifs is 2. The summed E-state index contributed by atoms with van der Waals surface area (Å²) in [6, 6.07) is 1.91. The van der Waals surface area contributed by atoms with Crippen molar-refractivity contribution in [1.29, 1.82) is 0 Å². The summed E-state index contributed by atoms with van der Waals surface area (Å²) in [5.74, 6) is 1.53. The average molecular weight is 299 g/mol. The highest BCUT2D eigenvalue weighted by molar-refractivity contribution is 6.09. The lowest BCUT2D eigenvalue weighted by Gasteiger charge is -2.20. The molecule has 2 aromatic rings. The molecule has 3 heterocycles. The van der Waals surface area contributed by atoms with E-state index in [1.807, 2.05) is 6.07 Å². The van der Waals surface area contributed by atoms with Crippen molar-refractivity contribution >= 4 is 11.7 Å². The predicted molar refractivity (Wildman–Crippen MR) is 77.7 cm³/mol. The smallest absolute Gasteiger partial charge is 0.258 e. The predicted octanol–water partition coefficient (Wildman–Crippen LogP) is 2.98. The van der Waals surface area contributed by atoms with Crippen LogP contribution in [0.25, 0.3) is 0 Å². The third kappa shape index (κ3) is 2.08.